The highest BCUT2D eigenvalue weighted by Gasteiger charge is 2.12. The van der Waals surface area contributed by atoms with Gasteiger partial charge in [0.1, 0.15) is 23.2 Å². The summed E-state index contributed by atoms with van der Waals surface area (Å²) in [5.74, 6) is 0.484. The summed E-state index contributed by atoms with van der Waals surface area (Å²) in [6.07, 6.45) is 0. The van der Waals surface area contributed by atoms with Crippen LogP contribution in [0.3, 0.4) is 0 Å². The first-order valence-electron chi connectivity index (χ1n) is 4.68. The monoisotopic (exact) mass is 214 g/mol. The van der Waals surface area contributed by atoms with Crippen LogP contribution >= 0.6 is 0 Å². The number of hydrogen-bond donors (Lipinski definition) is 2. The molecule has 5 nitrogen and oxygen atoms in total. The van der Waals surface area contributed by atoms with E-state index in [9.17, 15) is 0 Å². The highest BCUT2D eigenvalue weighted by Crippen LogP contribution is 2.21. The Bertz CT molecular complexity index is 563. The third-order valence-electron chi connectivity index (χ3n) is 2.30. The lowest BCUT2D eigenvalue weighted by Gasteiger charge is -2.03. The summed E-state index contributed by atoms with van der Waals surface area (Å²) < 4.78 is 1.48. The second-order valence-corrected chi connectivity index (χ2v) is 3.39. The van der Waals surface area contributed by atoms with Gasteiger partial charge in [-0.15, -0.1) is 0 Å². The molecule has 2 rings (SSSR count). The number of aromatic hydroxyl groups is 1. The predicted molar refractivity (Wildman–Crippen MR) is 59.1 cm³/mol. The molecule has 0 fully saturated rings. The third-order valence-corrected chi connectivity index (χ3v) is 2.30. The number of phenols is 1. The van der Waals surface area contributed by atoms with Crippen LogP contribution in [0.25, 0.3) is 5.69 Å². The quantitative estimate of drug-likeness (QED) is 0.749. The van der Waals surface area contributed by atoms with Gasteiger partial charge in [-0.05, 0) is 31.2 Å². The summed E-state index contributed by atoms with van der Waals surface area (Å²) >= 11 is 0. The van der Waals surface area contributed by atoms with E-state index in [1.165, 1.54) is 16.8 Å². The molecule has 0 amide bonds. The normalized spacial score (nSPS) is 10.0. The first-order valence-corrected chi connectivity index (χ1v) is 4.68. The first kappa shape index (κ1) is 10.1. The lowest BCUT2D eigenvalue weighted by Crippen LogP contribution is -2.02. The predicted octanol–water partition coefficient (Wildman–Crippen LogP) is 1.34. The average Bonchev–Trinajstić information content (AvgIpc) is 2.55. The van der Waals surface area contributed by atoms with Gasteiger partial charge in [-0.3, -0.25) is 0 Å². The molecule has 16 heavy (non-hydrogen) atoms. The van der Waals surface area contributed by atoms with Crippen LogP contribution in [0.1, 0.15) is 11.3 Å². The van der Waals surface area contributed by atoms with E-state index in [0.717, 1.165) is 0 Å². The number of nitrogen functional groups attached to an aromatic ring is 1. The van der Waals surface area contributed by atoms with Crippen molar-refractivity contribution in [3.8, 4) is 17.5 Å². The number of nitriles is 1. The maximum atomic E-state index is 9.17. The van der Waals surface area contributed by atoms with Gasteiger partial charge < -0.3 is 10.8 Å². The molecule has 1 heterocycles. The van der Waals surface area contributed by atoms with Crippen molar-refractivity contribution in [2.24, 2.45) is 0 Å². The Morgan fingerprint density at radius 3 is 2.50 bits per heavy atom. The number of hydrogen-bond acceptors (Lipinski definition) is 4. The Kier molecular flexibility index (Phi) is 2.25. The van der Waals surface area contributed by atoms with Gasteiger partial charge in [-0.1, -0.05) is 0 Å². The van der Waals surface area contributed by atoms with Crippen molar-refractivity contribution in [1.29, 1.82) is 5.26 Å². The van der Waals surface area contributed by atoms with Crippen LogP contribution in [0.5, 0.6) is 5.75 Å². The van der Waals surface area contributed by atoms with Crippen LogP contribution in [-0.4, -0.2) is 14.9 Å². The Balaban J connectivity index is 2.58. The Labute approximate surface area is 92.4 Å². The molecule has 0 aliphatic heterocycles. The second-order valence-electron chi connectivity index (χ2n) is 3.39. The van der Waals surface area contributed by atoms with E-state index in [1.807, 2.05) is 6.07 Å². The third kappa shape index (κ3) is 1.46. The van der Waals surface area contributed by atoms with E-state index in [2.05, 4.69) is 5.10 Å². The summed E-state index contributed by atoms with van der Waals surface area (Å²) in [6, 6.07) is 8.45. The fourth-order valence-electron chi connectivity index (χ4n) is 1.47. The topological polar surface area (TPSA) is 87.9 Å². The van der Waals surface area contributed by atoms with Crippen LogP contribution in [0.4, 0.5) is 5.82 Å². The molecule has 0 saturated carbocycles. The zero-order chi connectivity index (χ0) is 11.7. The molecule has 0 saturated heterocycles. The van der Waals surface area contributed by atoms with E-state index >= 15 is 0 Å². The molecular formula is C11H10N4O. The molecule has 0 atom stereocenters. The Morgan fingerprint density at radius 2 is 2.00 bits per heavy atom. The number of benzene rings is 1. The SMILES string of the molecule is Cc1nn(-c2ccc(O)cc2)c(N)c1C#N. The van der Waals surface area contributed by atoms with Gasteiger partial charge in [-0.25, -0.2) is 4.68 Å². The minimum absolute atomic E-state index is 0.173. The zero-order valence-corrected chi connectivity index (χ0v) is 8.68. The lowest BCUT2D eigenvalue weighted by atomic mass is 10.2. The molecular weight excluding hydrogens is 204 g/mol. The summed E-state index contributed by atoms with van der Waals surface area (Å²) in [6.45, 7) is 1.73. The van der Waals surface area contributed by atoms with E-state index in [1.54, 1.807) is 19.1 Å². The highest BCUT2D eigenvalue weighted by molar-refractivity contribution is 5.56. The number of anilines is 1. The molecule has 1 aromatic carbocycles. The number of nitrogens with two attached hydrogens (primary N) is 1. The summed E-state index contributed by atoms with van der Waals surface area (Å²) in [5.41, 5.74) is 7.48. The van der Waals surface area contributed by atoms with E-state index < -0.39 is 0 Å². The minimum Gasteiger partial charge on any atom is -0.508 e. The molecule has 0 aliphatic carbocycles. The molecule has 0 aliphatic rings. The van der Waals surface area contributed by atoms with E-state index in [-0.39, 0.29) is 5.75 Å². The molecule has 0 spiro atoms. The Hall–Kier alpha value is -2.48. The van der Waals surface area contributed by atoms with Crippen LogP contribution in [0.2, 0.25) is 0 Å². The smallest absolute Gasteiger partial charge is 0.145 e. The van der Waals surface area contributed by atoms with Gasteiger partial charge in [0.2, 0.25) is 0 Å². The molecule has 2 aromatic rings. The van der Waals surface area contributed by atoms with Crippen LogP contribution in [0, 0.1) is 18.3 Å². The van der Waals surface area contributed by atoms with Crippen molar-refractivity contribution in [3.63, 3.8) is 0 Å². The number of nitrogens with zero attached hydrogens (tertiary/aromatic N) is 3. The van der Waals surface area contributed by atoms with Crippen molar-refractivity contribution < 1.29 is 5.11 Å². The standard InChI is InChI=1S/C11H10N4O/c1-7-10(6-12)11(13)15(14-7)8-2-4-9(16)5-3-8/h2-5,16H,13H2,1H3. The summed E-state index contributed by atoms with van der Waals surface area (Å²) in [7, 11) is 0. The average molecular weight is 214 g/mol. The fraction of sp³-hybridized carbons (Fsp3) is 0.0909. The van der Waals surface area contributed by atoms with Gasteiger partial charge in [-0.2, -0.15) is 10.4 Å². The van der Waals surface area contributed by atoms with Crippen molar-refractivity contribution in [2.75, 3.05) is 5.73 Å². The van der Waals surface area contributed by atoms with Crippen LogP contribution < -0.4 is 5.73 Å². The minimum atomic E-state index is 0.173. The van der Waals surface area contributed by atoms with Crippen molar-refractivity contribution >= 4 is 5.82 Å². The number of aromatic nitrogens is 2. The lowest BCUT2D eigenvalue weighted by molar-refractivity contribution is 0.475. The molecule has 0 radical (unpaired) electrons. The maximum absolute atomic E-state index is 9.17. The Morgan fingerprint density at radius 1 is 1.38 bits per heavy atom. The fourth-order valence-corrected chi connectivity index (χ4v) is 1.47. The second kappa shape index (κ2) is 3.59. The first-order chi connectivity index (χ1) is 7.63. The molecule has 0 unspecified atom stereocenters. The summed E-state index contributed by atoms with van der Waals surface area (Å²) in [5, 5.41) is 22.2. The maximum Gasteiger partial charge on any atom is 0.145 e. The molecule has 1 aromatic heterocycles. The van der Waals surface area contributed by atoms with E-state index in [4.69, 9.17) is 16.1 Å². The van der Waals surface area contributed by atoms with Gasteiger partial charge in [0.25, 0.3) is 0 Å². The van der Waals surface area contributed by atoms with Gasteiger partial charge in [0, 0.05) is 0 Å². The molecule has 5 heteroatoms. The largest absolute Gasteiger partial charge is 0.508 e. The molecule has 80 valence electrons. The zero-order valence-electron chi connectivity index (χ0n) is 8.68. The van der Waals surface area contributed by atoms with Crippen LogP contribution in [-0.2, 0) is 0 Å². The van der Waals surface area contributed by atoms with Gasteiger partial charge in [0.05, 0.1) is 11.4 Å². The van der Waals surface area contributed by atoms with E-state index in [0.29, 0.717) is 22.8 Å². The van der Waals surface area contributed by atoms with Gasteiger partial charge >= 0.3 is 0 Å². The molecule has 3 N–H and O–H groups in total. The van der Waals surface area contributed by atoms with Crippen LogP contribution in [0.15, 0.2) is 24.3 Å². The van der Waals surface area contributed by atoms with Crippen molar-refractivity contribution in [2.45, 2.75) is 6.92 Å². The highest BCUT2D eigenvalue weighted by atomic mass is 16.3. The number of aryl methyl sites for hydroxylation is 1. The number of rotatable bonds is 1. The van der Waals surface area contributed by atoms with Crippen molar-refractivity contribution in [1.82, 2.24) is 9.78 Å². The summed E-state index contributed by atoms with van der Waals surface area (Å²) in [4.78, 5) is 0. The van der Waals surface area contributed by atoms with Crippen molar-refractivity contribution in [3.05, 3.63) is 35.5 Å². The van der Waals surface area contributed by atoms with Gasteiger partial charge in [0.15, 0.2) is 0 Å². The number of phenolic OH excluding ortho intramolecular Hbond substituents is 1. The molecule has 0 bridgehead atoms.